The molecule has 0 bridgehead atoms. The van der Waals surface area contributed by atoms with Crippen molar-refractivity contribution in [2.24, 2.45) is 0 Å². The number of piperazine rings is 1. The molecule has 19 heavy (non-hydrogen) atoms. The number of unbranched alkanes of at least 4 members (excludes halogenated alkanes) is 1. The fraction of sp³-hybridized carbons (Fsp3) is 0.533. The van der Waals surface area contributed by atoms with E-state index in [2.05, 4.69) is 17.0 Å². The summed E-state index contributed by atoms with van der Waals surface area (Å²) in [6.07, 6.45) is 4.50. The van der Waals surface area contributed by atoms with Gasteiger partial charge in [0, 0.05) is 31.9 Å². The monoisotopic (exact) mass is 261 g/mol. The third kappa shape index (κ3) is 4.56. The zero-order valence-electron chi connectivity index (χ0n) is 11.4. The van der Waals surface area contributed by atoms with Gasteiger partial charge in [0.2, 0.25) is 6.41 Å². The predicted molar refractivity (Wildman–Crippen MR) is 77.9 cm³/mol. The summed E-state index contributed by atoms with van der Waals surface area (Å²) < 4.78 is 0. The molecule has 1 aliphatic heterocycles. The van der Waals surface area contributed by atoms with Crippen molar-refractivity contribution >= 4 is 12.1 Å². The number of amides is 1. The van der Waals surface area contributed by atoms with Gasteiger partial charge < -0.3 is 10.6 Å². The number of carbonyl (C=O) groups excluding carboxylic acids is 1. The maximum Gasteiger partial charge on any atom is 0.209 e. The number of nitrogen functional groups attached to an aromatic ring is 1. The van der Waals surface area contributed by atoms with E-state index in [1.165, 1.54) is 18.4 Å². The highest BCUT2D eigenvalue weighted by Gasteiger charge is 2.14. The molecule has 0 aliphatic carbocycles. The van der Waals surface area contributed by atoms with Crippen LogP contribution in [0.1, 0.15) is 18.4 Å². The van der Waals surface area contributed by atoms with Crippen LogP contribution in [0.3, 0.4) is 0 Å². The molecular weight excluding hydrogens is 238 g/mol. The van der Waals surface area contributed by atoms with Crippen molar-refractivity contribution in [1.29, 1.82) is 0 Å². The van der Waals surface area contributed by atoms with Crippen LogP contribution in [0.5, 0.6) is 0 Å². The minimum absolute atomic E-state index is 0.830. The normalized spacial score (nSPS) is 16.5. The Morgan fingerprint density at radius 2 is 1.74 bits per heavy atom. The Hall–Kier alpha value is -1.55. The number of nitrogens with two attached hydrogens (primary N) is 1. The van der Waals surface area contributed by atoms with Gasteiger partial charge in [-0.3, -0.25) is 9.69 Å². The molecule has 2 rings (SSSR count). The first-order chi connectivity index (χ1) is 9.28. The zero-order chi connectivity index (χ0) is 13.5. The summed E-state index contributed by atoms with van der Waals surface area (Å²) in [5, 5.41) is 0. The number of aryl methyl sites for hydroxylation is 1. The SMILES string of the molecule is Nc1ccc(CCCCN2CCN(C=O)CC2)cc1. The minimum atomic E-state index is 0.830. The summed E-state index contributed by atoms with van der Waals surface area (Å²) in [5.74, 6) is 0. The minimum Gasteiger partial charge on any atom is -0.399 e. The number of benzene rings is 1. The van der Waals surface area contributed by atoms with Gasteiger partial charge in [0.1, 0.15) is 0 Å². The Bertz CT molecular complexity index is 383. The molecule has 1 heterocycles. The van der Waals surface area contributed by atoms with E-state index in [9.17, 15) is 4.79 Å². The Morgan fingerprint density at radius 1 is 1.05 bits per heavy atom. The molecule has 4 heteroatoms. The molecule has 0 spiro atoms. The highest BCUT2D eigenvalue weighted by Crippen LogP contribution is 2.09. The Morgan fingerprint density at radius 3 is 2.37 bits per heavy atom. The first-order valence-electron chi connectivity index (χ1n) is 7.04. The van der Waals surface area contributed by atoms with E-state index in [-0.39, 0.29) is 0 Å². The molecule has 0 unspecified atom stereocenters. The fourth-order valence-corrected chi connectivity index (χ4v) is 2.44. The van der Waals surface area contributed by atoms with Gasteiger partial charge in [-0.2, -0.15) is 0 Å². The third-order valence-electron chi connectivity index (χ3n) is 3.73. The number of rotatable bonds is 6. The standard InChI is InChI=1S/C15H23N3O/c16-15-6-4-14(5-7-15)3-1-2-8-17-9-11-18(13-19)12-10-17/h4-7,13H,1-3,8-12,16H2. The molecule has 0 atom stereocenters. The smallest absolute Gasteiger partial charge is 0.209 e. The molecule has 104 valence electrons. The number of hydrogen-bond donors (Lipinski definition) is 1. The summed E-state index contributed by atoms with van der Waals surface area (Å²) in [6, 6.07) is 8.15. The molecule has 1 saturated heterocycles. The second-order valence-electron chi connectivity index (χ2n) is 5.18. The van der Waals surface area contributed by atoms with E-state index in [4.69, 9.17) is 5.73 Å². The average molecular weight is 261 g/mol. The van der Waals surface area contributed by atoms with Crippen molar-refractivity contribution in [2.75, 3.05) is 38.5 Å². The van der Waals surface area contributed by atoms with Crippen molar-refractivity contribution in [2.45, 2.75) is 19.3 Å². The van der Waals surface area contributed by atoms with E-state index in [0.717, 1.165) is 51.2 Å². The molecule has 4 nitrogen and oxygen atoms in total. The summed E-state index contributed by atoms with van der Waals surface area (Å²) >= 11 is 0. The van der Waals surface area contributed by atoms with Gasteiger partial charge in [-0.05, 0) is 43.5 Å². The summed E-state index contributed by atoms with van der Waals surface area (Å²) in [7, 11) is 0. The Kier molecular flexibility index (Phi) is 5.21. The lowest BCUT2D eigenvalue weighted by Gasteiger charge is -2.32. The summed E-state index contributed by atoms with van der Waals surface area (Å²) in [4.78, 5) is 14.9. The van der Waals surface area contributed by atoms with E-state index in [0.29, 0.717) is 0 Å². The van der Waals surface area contributed by atoms with Crippen LogP contribution in [0.4, 0.5) is 5.69 Å². The van der Waals surface area contributed by atoms with Gasteiger partial charge in [0.25, 0.3) is 0 Å². The lowest BCUT2D eigenvalue weighted by atomic mass is 10.1. The topological polar surface area (TPSA) is 49.6 Å². The summed E-state index contributed by atoms with van der Waals surface area (Å²) in [6.45, 7) is 4.92. The lowest BCUT2D eigenvalue weighted by molar-refractivity contribution is -0.119. The summed E-state index contributed by atoms with van der Waals surface area (Å²) in [5.41, 5.74) is 7.86. The maximum absolute atomic E-state index is 10.6. The number of nitrogens with zero attached hydrogens (tertiary/aromatic N) is 2. The predicted octanol–water partition coefficient (Wildman–Crippen LogP) is 1.37. The second kappa shape index (κ2) is 7.14. The maximum atomic E-state index is 10.6. The molecule has 1 amide bonds. The number of carbonyl (C=O) groups is 1. The van der Waals surface area contributed by atoms with Crippen molar-refractivity contribution < 1.29 is 4.79 Å². The molecule has 0 radical (unpaired) electrons. The third-order valence-corrected chi connectivity index (χ3v) is 3.73. The molecule has 0 aromatic heterocycles. The van der Waals surface area contributed by atoms with E-state index in [1.807, 2.05) is 17.0 Å². The first kappa shape index (κ1) is 13.9. The van der Waals surface area contributed by atoms with Crippen LogP contribution in [0.15, 0.2) is 24.3 Å². The van der Waals surface area contributed by atoms with Gasteiger partial charge in [0.15, 0.2) is 0 Å². The molecule has 1 aromatic rings. The highest BCUT2D eigenvalue weighted by molar-refractivity contribution is 5.47. The van der Waals surface area contributed by atoms with Gasteiger partial charge >= 0.3 is 0 Å². The van der Waals surface area contributed by atoms with E-state index < -0.39 is 0 Å². The van der Waals surface area contributed by atoms with Gasteiger partial charge in [0.05, 0.1) is 0 Å². The number of hydrogen-bond acceptors (Lipinski definition) is 3. The van der Waals surface area contributed by atoms with E-state index in [1.54, 1.807) is 0 Å². The average Bonchev–Trinajstić information content (AvgIpc) is 2.46. The largest absolute Gasteiger partial charge is 0.399 e. The van der Waals surface area contributed by atoms with Crippen molar-refractivity contribution in [1.82, 2.24) is 9.80 Å². The Labute approximate surface area is 115 Å². The molecule has 1 aliphatic rings. The van der Waals surface area contributed by atoms with E-state index >= 15 is 0 Å². The molecule has 2 N–H and O–H groups in total. The van der Waals surface area contributed by atoms with Crippen molar-refractivity contribution in [3.05, 3.63) is 29.8 Å². The molecule has 0 saturated carbocycles. The zero-order valence-corrected chi connectivity index (χ0v) is 11.4. The van der Waals surface area contributed by atoms with Crippen molar-refractivity contribution in [3.8, 4) is 0 Å². The van der Waals surface area contributed by atoms with Crippen LogP contribution in [0.25, 0.3) is 0 Å². The van der Waals surface area contributed by atoms with Crippen LogP contribution in [-0.2, 0) is 11.2 Å². The van der Waals surface area contributed by atoms with Crippen molar-refractivity contribution in [3.63, 3.8) is 0 Å². The fourth-order valence-electron chi connectivity index (χ4n) is 2.44. The van der Waals surface area contributed by atoms with Gasteiger partial charge in [-0.25, -0.2) is 0 Å². The van der Waals surface area contributed by atoms with Crippen LogP contribution >= 0.6 is 0 Å². The van der Waals surface area contributed by atoms with Crippen LogP contribution in [0.2, 0.25) is 0 Å². The Balaban J connectivity index is 1.59. The van der Waals surface area contributed by atoms with Crippen LogP contribution < -0.4 is 5.73 Å². The van der Waals surface area contributed by atoms with Crippen LogP contribution in [0, 0.1) is 0 Å². The van der Waals surface area contributed by atoms with Gasteiger partial charge in [-0.1, -0.05) is 12.1 Å². The quantitative estimate of drug-likeness (QED) is 0.478. The lowest BCUT2D eigenvalue weighted by Crippen LogP contribution is -2.45. The molecule has 1 fully saturated rings. The number of anilines is 1. The first-order valence-corrected chi connectivity index (χ1v) is 7.04. The van der Waals surface area contributed by atoms with Crippen LogP contribution in [-0.4, -0.2) is 48.9 Å². The van der Waals surface area contributed by atoms with Gasteiger partial charge in [-0.15, -0.1) is 0 Å². The highest BCUT2D eigenvalue weighted by atomic mass is 16.1. The molecular formula is C15H23N3O. The second-order valence-corrected chi connectivity index (χ2v) is 5.18. The molecule has 1 aromatic carbocycles.